The molecular weight excluding hydrogens is 468 g/mol. The second kappa shape index (κ2) is 7.65. The highest BCUT2D eigenvalue weighted by Crippen LogP contribution is 2.46. The first-order valence-electron chi connectivity index (χ1n) is 11.3. The molecule has 3 N–H and O–H groups in total. The van der Waals surface area contributed by atoms with Crippen molar-refractivity contribution >= 4 is 28.3 Å². The van der Waals surface area contributed by atoms with E-state index in [2.05, 4.69) is 25.4 Å². The predicted octanol–water partition coefficient (Wildman–Crippen LogP) is 4.73. The van der Waals surface area contributed by atoms with Crippen LogP contribution in [-0.4, -0.2) is 41.7 Å². The Kier molecular flexibility index (Phi) is 4.77. The first kappa shape index (κ1) is 21.8. The number of H-pyrrole nitrogens is 1. The molecule has 4 heterocycles. The average Bonchev–Trinajstić information content (AvgIpc) is 3.43. The van der Waals surface area contributed by atoms with E-state index >= 15 is 0 Å². The van der Waals surface area contributed by atoms with Crippen molar-refractivity contribution in [1.29, 1.82) is 0 Å². The molecule has 7 rings (SSSR count). The zero-order chi connectivity index (χ0) is 24.5. The maximum atomic E-state index is 13.9. The third-order valence-electron chi connectivity index (χ3n) is 7.34. The number of rotatable bonds is 4. The first-order valence-corrected chi connectivity index (χ1v) is 11.3. The van der Waals surface area contributed by atoms with Gasteiger partial charge in [0.2, 0.25) is 0 Å². The van der Waals surface area contributed by atoms with Gasteiger partial charge in [0.1, 0.15) is 17.0 Å². The van der Waals surface area contributed by atoms with Crippen LogP contribution in [0.5, 0.6) is 0 Å². The third-order valence-corrected chi connectivity index (χ3v) is 7.34. The summed E-state index contributed by atoms with van der Waals surface area (Å²) in [7, 11) is 0. The average molecular weight is 488 g/mol. The molecule has 3 saturated carbocycles. The molecule has 0 radical (unpaired) electrons. The number of aromatic amines is 1. The minimum Gasteiger partial charge on any atom is -0.481 e. The second-order valence-corrected chi connectivity index (χ2v) is 9.30. The predicted molar refractivity (Wildman–Crippen MR) is 117 cm³/mol. The molecule has 8 nitrogen and oxygen atoms in total. The minimum absolute atomic E-state index is 0.00696. The molecule has 0 unspecified atom stereocenters. The standard InChI is InChI=1S/C23H20F4N6O2/c24-13-6-14-15(8-29-19(14)28-7-13)20-31-21(16-5-12(23(25,26)27)9-33(16)32-20)30-18-11-3-1-10(2-4-11)17(18)22(34)35/h5-11,17-18H,1-4H2,(H,28,29)(H,34,35)(H,30,31,32)/t10?,11?,17-,18-/m0/s1. The van der Waals surface area contributed by atoms with Gasteiger partial charge >= 0.3 is 12.1 Å². The number of fused-ring (bicyclic) bond motifs is 5. The number of carboxylic acid groups (broad SMARTS) is 1. The van der Waals surface area contributed by atoms with Crippen molar-refractivity contribution in [2.24, 2.45) is 17.8 Å². The Morgan fingerprint density at radius 2 is 1.91 bits per heavy atom. The molecule has 0 spiro atoms. The molecule has 3 aliphatic carbocycles. The maximum Gasteiger partial charge on any atom is 0.417 e. The van der Waals surface area contributed by atoms with Crippen molar-refractivity contribution in [2.75, 3.05) is 5.32 Å². The molecular formula is C23H20F4N6O2. The van der Waals surface area contributed by atoms with Crippen molar-refractivity contribution in [3.05, 3.63) is 42.1 Å². The lowest BCUT2D eigenvalue weighted by Gasteiger charge is -2.47. The van der Waals surface area contributed by atoms with Gasteiger partial charge < -0.3 is 15.4 Å². The highest BCUT2D eigenvalue weighted by Gasteiger charge is 2.47. The Balaban J connectivity index is 1.51. The van der Waals surface area contributed by atoms with Crippen molar-refractivity contribution in [2.45, 2.75) is 37.9 Å². The molecule has 4 aromatic heterocycles. The molecule has 2 atom stereocenters. The van der Waals surface area contributed by atoms with Crippen molar-refractivity contribution in [3.63, 3.8) is 0 Å². The summed E-state index contributed by atoms with van der Waals surface area (Å²) in [6, 6.07) is 1.71. The molecule has 35 heavy (non-hydrogen) atoms. The lowest BCUT2D eigenvalue weighted by atomic mass is 9.61. The Bertz CT molecular complexity index is 1450. The summed E-state index contributed by atoms with van der Waals surface area (Å²) in [6.07, 6.45) is 2.16. The van der Waals surface area contributed by atoms with E-state index in [1.807, 2.05) is 0 Å². The molecule has 0 aliphatic heterocycles. The number of halogens is 4. The van der Waals surface area contributed by atoms with E-state index < -0.39 is 35.5 Å². The number of anilines is 1. The quantitative estimate of drug-likeness (QED) is 0.359. The number of nitrogens with one attached hydrogen (secondary N) is 2. The molecule has 182 valence electrons. The Labute approximate surface area is 195 Å². The van der Waals surface area contributed by atoms with Gasteiger partial charge in [-0.05, 0) is 49.7 Å². The fourth-order valence-electron chi connectivity index (χ4n) is 5.71. The number of hydrogen-bond donors (Lipinski definition) is 3. The smallest absolute Gasteiger partial charge is 0.417 e. The topological polar surface area (TPSA) is 108 Å². The molecule has 0 saturated heterocycles. The van der Waals surface area contributed by atoms with Crippen LogP contribution in [-0.2, 0) is 11.0 Å². The van der Waals surface area contributed by atoms with E-state index in [0.717, 1.165) is 48.7 Å². The Morgan fingerprint density at radius 1 is 1.17 bits per heavy atom. The molecule has 2 bridgehead atoms. The monoisotopic (exact) mass is 488 g/mol. The van der Waals surface area contributed by atoms with Crippen LogP contribution in [0, 0.1) is 23.6 Å². The summed E-state index contributed by atoms with van der Waals surface area (Å²) in [6.45, 7) is 0. The minimum atomic E-state index is -4.60. The van der Waals surface area contributed by atoms with Crippen molar-refractivity contribution in [3.8, 4) is 11.4 Å². The molecule has 3 aliphatic rings. The summed E-state index contributed by atoms with van der Waals surface area (Å²) in [5.74, 6) is -1.93. The van der Waals surface area contributed by atoms with Gasteiger partial charge in [-0.3, -0.25) is 4.79 Å². The van der Waals surface area contributed by atoms with Gasteiger partial charge in [0.15, 0.2) is 11.6 Å². The Hall–Kier alpha value is -3.70. The van der Waals surface area contributed by atoms with Gasteiger partial charge in [0, 0.05) is 29.4 Å². The van der Waals surface area contributed by atoms with E-state index in [0.29, 0.717) is 16.6 Å². The van der Waals surface area contributed by atoms with Crippen LogP contribution in [0.15, 0.2) is 30.7 Å². The Morgan fingerprint density at radius 3 is 2.63 bits per heavy atom. The zero-order valence-electron chi connectivity index (χ0n) is 18.2. The van der Waals surface area contributed by atoms with Crippen LogP contribution < -0.4 is 5.32 Å². The summed E-state index contributed by atoms with van der Waals surface area (Å²) in [5.41, 5.74) is -0.0906. The van der Waals surface area contributed by atoms with Crippen LogP contribution in [0.2, 0.25) is 0 Å². The van der Waals surface area contributed by atoms with Gasteiger partial charge in [-0.2, -0.15) is 13.2 Å². The largest absolute Gasteiger partial charge is 0.481 e. The fraction of sp³-hybridized carbons (Fsp3) is 0.391. The molecule has 0 aromatic carbocycles. The van der Waals surface area contributed by atoms with Crippen LogP contribution in [0.25, 0.3) is 27.9 Å². The number of carboxylic acids is 1. The number of aliphatic carboxylic acids is 1. The number of pyridine rings is 1. The van der Waals surface area contributed by atoms with Crippen molar-refractivity contribution in [1.82, 2.24) is 24.6 Å². The van der Waals surface area contributed by atoms with Gasteiger partial charge in [0.05, 0.1) is 17.7 Å². The maximum absolute atomic E-state index is 13.9. The molecule has 3 fully saturated rings. The van der Waals surface area contributed by atoms with Crippen LogP contribution in [0.1, 0.15) is 31.2 Å². The number of nitrogens with zero attached hydrogens (tertiary/aromatic N) is 4. The molecule has 12 heteroatoms. The van der Waals surface area contributed by atoms with Crippen LogP contribution in [0.4, 0.5) is 23.4 Å². The van der Waals surface area contributed by atoms with Gasteiger partial charge in [0.25, 0.3) is 0 Å². The zero-order valence-corrected chi connectivity index (χ0v) is 18.2. The first-order chi connectivity index (χ1) is 16.7. The van der Waals surface area contributed by atoms with Gasteiger partial charge in [-0.1, -0.05) is 0 Å². The highest BCUT2D eigenvalue weighted by atomic mass is 19.4. The SMILES string of the molecule is O=C(O)[C@H]1C2CCC(CC2)[C@@H]1Nc1nc(-c2c[nH]c3ncc(F)cc23)nn2cc(C(F)(F)F)cc12. The number of hydrogen-bond acceptors (Lipinski definition) is 5. The summed E-state index contributed by atoms with van der Waals surface area (Å²) in [4.78, 5) is 23.5. The molecule has 0 amide bonds. The van der Waals surface area contributed by atoms with E-state index in [1.54, 1.807) is 0 Å². The second-order valence-electron chi connectivity index (χ2n) is 9.30. The highest BCUT2D eigenvalue weighted by molar-refractivity contribution is 5.92. The van der Waals surface area contributed by atoms with Crippen LogP contribution >= 0.6 is 0 Å². The van der Waals surface area contributed by atoms with E-state index in [1.165, 1.54) is 12.3 Å². The number of aromatic nitrogens is 5. The molecule has 4 aromatic rings. The fourth-order valence-corrected chi connectivity index (χ4v) is 5.71. The van der Waals surface area contributed by atoms with Gasteiger partial charge in [-0.15, -0.1) is 5.10 Å². The van der Waals surface area contributed by atoms with E-state index in [-0.39, 0.29) is 29.0 Å². The normalized spacial score (nSPS) is 24.3. The van der Waals surface area contributed by atoms with Gasteiger partial charge in [-0.25, -0.2) is 18.9 Å². The number of alkyl halides is 3. The van der Waals surface area contributed by atoms with E-state index in [9.17, 15) is 27.5 Å². The van der Waals surface area contributed by atoms with Crippen LogP contribution in [0.3, 0.4) is 0 Å². The number of carbonyl (C=O) groups is 1. The summed E-state index contributed by atoms with van der Waals surface area (Å²) >= 11 is 0. The lowest BCUT2D eigenvalue weighted by molar-refractivity contribution is -0.148. The van der Waals surface area contributed by atoms with Crippen molar-refractivity contribution < 1.29 is 27.5 Å². The summed E-state index contributed by atoms with van der Waals surface area (Å²) in [5, 5.41) is 17.7. The third kappa shape index (κ3) is 3.58. The van der Waals surface area contributed by atoms with E-state index in [4.69, 9.17) is 0 Å². The summed E-state index contributed by atoms with van der Waals surface area (Å²) < 4.78 is 55.5. The lowest BCUT2D eigenvalue weighted by Crippen LogP contribution is -2.51.